The topological polar surface area (TPSA) is 38.0 Å². The zero-order valence-electron chi connectivity index (χ0n) is 10.0. The maximum atomic E-state index is 13.9. The molecule has 0 aliphatic carbocycles. The summed E-state index contributed by atoms with van der Waals surface area (Å²) in [5, 5.41) is 0. The number of halogens is 3. The molecule has 0 amide bonds. The van der Waals surface area contributed by atoms with E-state index in [1.807, 2.05) is 0 Å². The fourth-order valence-corrected chi connectivity index (χ4v) is 2.56. The minimum absolute atomic E-state index is 0.298. The molecule has 3 N–H and O–H groups in total. The van der Waals surface area contributed by atoms with E-state index in [0.717, 1.165) is 5.56 Å². The number of hydrazine groups is 1. The summed E-state index contributed by atoms with van der Waals surface area (Å²) in [6.45, 7) is 0. The molecule has 1 unspecified atom stereocenters. The van der Waals surface area contributed by atoms with Gasteiger partial charge in [0.05, 0.1) is 6.04 Å². The van der Waals surface area contributed by atoms with Crippen LogP contribution in [-0.2, 0) is 6.42 Å². The van der Waals surface area contributed by atoms with Crippen LogP contribution in [0.5, 0.6) is 0 Å². The van der Waals surface area contributed by atoms with Gasteiger partial charge in [-0.1, -0.05) is 34.1 Å². The lowest BCUT2D eigenvalue weighted by Crippen LogP contribution is -2.30. The van der Waals surface area contributed by atoms with E-state index in [4.69, 9.17) is 5.84 Å². The molecule has 0 heterocycles. The van der Waals surface area contributed by atoms with Crippen LogP contribution in [0.3, 0.4) is 0 Å². The van der Waals surface area contributed by atoms with Crippen molar-refractivity contribution in [2.45, 2.75) is 12.5 Å². The molecule has 0 fully saturated rings. The Morgan fingerprint density at radius 2 is 1.79 bits per heavy atom. The van der Waals surface area contributed by atoms with Crippen LogP contribution in [0.4, 0.5) is 8.78 Å². The Morgan fingerprint density at radius 1 is 1.11 bits per heavy atom. The van der Waals surface area contributed by atoms with Crippen LogP contribution >= 0.6 is 15.9 Å². The number of hydrogen-bond donors (Lipinski definition) is 2. The summed E-state index contributed by atoms with van der Waals surface area (Å²) in [6.07, 6.45) is 0.469. The Kier molecular flexibility index (Phi) is 4.63. The molecule has 2 nitrogen and oxygen atoms in total. The Hall–Kier alpha value is -1.30. The Labute approximate surface area is 118 Å². The molecule has 0 radical (unpaired) electrons. The van der Waals surface area contributed by atoms with Crippen molar-refractivity contribution in [2.24, 2.45) is 5.84 Å². The average molecular weight is 327 g/mol. The van der Waals surface area contributed by atoms with Crippen LogP contribution in [-0.4, -0.2) is 0 Å². The average Bonchev–Trinajstić information content (AvgIpc) is 2.39. The Morgan fingerprint density at radius 3 is 2.37 bits per heavy atom. The van der Waals surface area contributed by atoms with Gasteiger partial charge in [-0.2, -0.15) is 0 Å². The lowest BCUT2D eigenvalue weighted by atomic mass is 9.99. The summed E-state index contributed by atoms with van der Waals surface area (Å²) in [6, 6.07) is 10.4. The van der Waals surface area contributed by atoms with Gasteiger partial charge in [0.25, 0.3) is 0 Å². The summed E-state index contributed by atoms with van der Waals surface area (Å²) < 4.78 is 27.4. The summed E-state index contributed by atoms with van der Waals surface area (Å²) in [5.41, 5.74) is 3.94. The van der Waals surface area contributed by atoms with Crippen molar-refractivity contribution in [3.05, 3.63) is 69.7 Å². The predicted octanol–water partition coefficient (Wildman–Crippen LogP) is 3.47. The SMILES string of the molecule is NNC(Cc1ccc(F)cc1)c1c(F)cccc1Br. The minimum Gasteiger partial charge on any atom is -0.271 e. The van der Waals surface area contributed by atoms with E-state index in [0.29, 0.717) is 16.5 Å². The Bertz CT molecular complexity index is 538. The van der Waals surface area contributed by atoms with Crippen LogP contribution in [0.15, 0.2) is 46.9 Å². The number of hydrogen-bond acceptors (Lipinski definition) is 2. The van der Waals surface area contributed by atoms with Crippen molar-refractivity contribution in [3.8, 4) is 0 Å². The van der Waals surface area contributed by atoms with Crippen LogP contribution in [0.25, 0.3) is 0 Å². The highest BCUT2D eigenvalue weighted by Crippen LogP contribution is 2.28. The molecule has 0 aliphatic heterocycles. The molecule has 19 heavy (non-hydrogen) atoms. The van der Waals surface area contributed by atoms with Gasteiger partial charge in [0.2, 0.25) is 0 Å². The van der Waals surface area contributed by atoms with Crippen LogP contribution < -0.4 is 11.3 Å². The highest BCUT2D eigenvalue weighted by atomic mass is 79.9. The third-order valence-corrected chi connectivity index (χ3v) is 3.59. The van der Waals surface area contributed by atoms with Crippen molar-refractivity contribution in [1.29, 1.82) is 0 Å². The van der Waals surface area contributed by atoms with E-state index < -0.39 is 0 Å². The Balaban J connectivity index is 2.27. The van der Waals surface area contributed by atoms with Gasteiger partial charge in [0, 0.05) is 10.0 Å². The maximum absolute atomic E-state index is 13.9. The summed E-state index contributed by atoms with van der Waals surface area (Å²) in [5.74, 6) is 4.88. The molecule has 2 aromatic rings. The van der Waals surface area contributed by atoms with E-state index in [1.54, 1.807) is 24.3 Å². The van der Waals surface area contributed by atoms with Gasteiger partial charge in [-0.25, -0.2) is 8.78 Å². The van der Waals surface area contributed by atoms with E-state index in [2.05, 4.69) is 21.4 Å². The first-order valence-corrected chi connectivity index (χ1v) is 6.55. The van der Waals surface area contributed by atoms with Crippen molar-refractivity contribution < 1.29 is 8.78 Å². The van der Waals surface area contributed by atoms with Crippen LogP contribution in [0.1, 0.15) is 17.2 Å². The first-order valence-electron chi connectivity index (χ1n) is 5.76. The monoisotopic (exact) mass is 326 g/mol. The van der Waals surface area contributed by atoms with Gasteiger partial charge < -0.3 is 0 Å². The second-order valence-corrected chi connectivity index (χ2v) is 5.04. The van der Waals surface area contributed by atoms with Gasteiger partial charge in [-0.3, -0.25) is 11.3 Å². The van der Waals surface area contributed by atoms with Crippen molar-refractivity contribution in [3.63, 3.8) is 0 Å². The molecule has 0 aromatic heterocycles. The molecule has 0 spiro atoms. The molecule has 2 rings (SSSR count). The second kappa shape index (κ2) is 6.23. The second-order valence-electron chi connectivity index (χ2n) is 4.19. The highest BCUT2D eigenvalue weighted by molar-refractivity contribution is 9.10. The van der Waals surface area contributed by atoms with E-state index in [-0.39, 0.29) is 17.7 Å². The first kappa shape index (κ1) is 14.1. The summed E-state index contributed by atoms with van der Waals surface area (Å²) in [7, 11) is 0. The standard InChI is InChI=1S/C14H13BrF2N2/c15-11-2-1-3-12(17)14(11)13(19-18)8-9-4-6-10(16)7-5-9/h1-7,13,19H,8,18H2. The number of rotatable bonds is 4. The van der Waals surface area contributed by atoms with Gasteiger partial charge in [0.1, 0.15) is 11.6 Å². The molecular formula is C14H13BrF2N2. The smallest absolute Gasteiger partial charge is 0.129 e. The van der Waals surface area contributed by atoms with Gasteiger partial charge in [0.15, 0.2) is 0 Å². The third-order valence-electron chi connectivity index (χ3n) is 2.90. The van der Waals surface area contributed by atoms with E-state index in [1.165, 1.54) is 18.2 Å². The molecule has 0 saturated heterocycles. The minimum atomic E-state index is -0.388. The molecule has 0 aliphatic rings. The van der Waals surface area contributed by atoms with Crippen molar-refractivity contribution >= 4 is 15.9 Å². The number of nitrogens with one attached hydrogen (secondary N) is 1. The molecule has 100 valence electrons. The zero-order chi connectivity index (χ0) is 13.8. The molecule has 0 bridgehead atoms. The van der Waals surface area contributed by atoms with Gasteiger partial charge in [-0.15, -0.1) is 0 Å². The maximum Gasteiger partial charge on any atom is 0.129 e. The van der Waals surface area contributed by atoms with Gasteiger partial charge in [-0.05, 0) is 36.2 Å². The fourth-order valence-electron chi connectivity index (χ4n) is 1.94. The normalized spacial score (nSPS) is 12.4. The molecule has 2 aromatic carbocycles. The van der Waals surface area contributed by atoms with Crippen LogP contribution in [0, 0.1) is 11.6 Å². The first-order chi connectivity index (χ1) is 9.11. The molecule has 1 atom stereocenters. The summed E-state index contributed by atoms with van der Waals surface area (Å²) >= 11 is 3.32. The third kappa shape index (κ3) is 3.37. The molecule has 5 heteroatoms. The fraction of sp³-hybridized carbons (Fsp3) is 0.143. The predicted molar refractivity (Wildman–Crippen MR) is 74.3 cm³/mol. The summed E-state index contributed by atoms with van der Waals surface area (Å²) in [4.78, 5) is 0. The van der Waals surface area contributed by atoms with Crippen LogP contribution in [0.2, 0.25) is 0 Å². The van der Waals surface area contributed by atoms with Crippen molar-refractivity contribution in [1.82, 2.24) is 5.43 Å². The highest BCUT2D eigenvalue weighted by Gasteiger charge is 2.18. The van der Waals surface area contributed by atoms with E-state index in [9.17, 15) is 8.78 Å². The molecular weight excluding hydrogens is 314 g/mol. The number of benzene rings is 2. The lowest BCUT2D eigenvalue weighted by Gasteiger charge is -2.18. The lowest BCUT2D eigenvalue weighted by molar-refractivity contribution is 0.508. The van der Waals surface area contributed by atoms with E-state index >= 15 is 0 Å². The zero-order valence-corrected chi connectivity index (χ0v) is 11.6. The quantitative estimate of drug-likeness (QED) is 0.667. The number of nitrogens with two attached hydrogens (primary N) is 1. The molecule has 0 saturated carbocycles. The largest absolute Gasteiger partial charge is 0.271 e. The van der Waals surface area contributed by atoms with Gasteiger partial charge >= 0.3 is 0 Å². The van der Waals surface area contributed by atoms with Crippen molar-refractivity contribution in [2.75, 3.05) is 0 Å².